The monoisotopic (exact) mass is 417 g/mol. The van der Waals surface area contributed by atoms with Crippen molar-refractivity contribution in [2.45, 2.75) is 5.16 Å². The third kappa shape index (κ3) is 4.47. The maximum Gasteiger partial charge on any atom is 0.342 e. The van der Waals surface area contributed by atoms with Gasteiger partial charge in [-0.2, -0.15) is 0 Å². The average Bonchev–Trinajstić information content (AvgIpc) is 3.16. The lowest BCUT2D eigenvalue weighted by molar-refractivity contribution is -0.131. The van der Waals surface area contributed by atoms with E-state index >= 15 is 0 Å². The van der Waals surface area contributed by atoms with Gasteiger partial charge in [0, 0.05) is 16.1 Å². The van der Waals surface area contributed by atoms with E-state index in [1.165, 1.54) is 20.3 Å². The zero-order chi connectivity index (χ0) is 20.1. The minimum absolute atomic E-state index is 0.0354. The fraction of sp³-hybridized carbons (Fsp3) is 0.105. The van der Waals surface area contributed by atoms with E-state index < -0.39 is 5.97 Å². The highest BCUT2D eigenvalue weighted by Gasteiger charge is 2.16. The number of para-hydroxylation sites is 1. The SMILES string of the molecule is COc1cccc(C=C(Sc2n[nH]c(-c3ccc(Cl)cc3)n2)C(=O)O)c1OC. The molecule has 0 saturated carbocycles. The van der Waals surface area contributed by atoms with Crippen molar-refractivity contribution in [2.24, 2.45) is 0 Å². The van der Waals surface area contributed by atoms with Crippen LogP contribution in [-0.2, 0) is 4.79 Å². The zero-order valence-corrected chi connectivity index (χ0v) is 16.5. The fourth-order valence-corrected chi connectivity index (χ4v) is 3.25. The number of methoxy groups -OCH3 is 2. The second kappa shape index (κ2) is 8.81. The topological polar surface area (TPSA) is 97.3 Å². The Balaban J connectivity index is 1.90. The number of aromatic nitrogens is 3. The standard InChI is InChI=1S/C19H16ClN3O4S/c1-26-14-5-3-4-12(16(14)27-2)10-15(18(24)25)28-19-21-17(22-23-19)11-6-8-13(20)9-7-11/h3-10H,1-2H3,(H,24,25)(H,21,22,23). The number of aromatic amines is 1. The predicted molar refractivity (Wildman–Crippen MR) is 108 cm³/mol. The van der Waals surface area contributed by atoms with Gasteiger partial charge in [0.15, 0.2) is 17.3 Å². The zero-order valence-electron chi connectivity index (χ0n) is 15.0. The first-order valence-electron chi connectivity index (χ1n) is 8.04. The minimum atomic E-state index is -1.10. The molecule has 0 aliphatic carbocycles. The van der Waals surface area contributed by atoms with E-state index in [0.717, 1.165) is 17.3 Å². The van der Waals surface area contributed by atoms with Crippen LogP contribution in [0.25, 0.3) is 17.5 Å². The van der Waals surface area contributed by atoms with E-state index in [4.69, 9.17) is 21.1 Å². The van der Waals surface area contributed by atoms with Crippen LogP contribution in [0.2, 0.25) is 5.02 Å². The largest absolute Gasteiger partial charge is 0.493 e. The lowest BCUT2D eigenvalue weighted by Crippen LogP contribution is -1.99. The van der Waals surface area contributed by atoms with Crippen LogP contribution >= 0.6 is 23.4 Å². The number of hydrogen-bond acceptors (Lipinski definition) is 6. The Hall–Kier alpha value is -2.97. The van der Waals surface area contributed by atoms with Crippen molar-refractivity contribution >= 4 is 35.4 Å². The Kier molecular flexibility index (Phi) is 6.23. The van der Waals surface area contributed by atoms with Crippen LogP contribution in [0, 0.1) is 0 Å². The van der Waals surface area contributed by atoms with Crippen molar-refractivity contribution < 1.29 is 19.4 Å². The number of carboxylic acids is 1. The molecule has 1 aromatic heterocycles. The Labute approximate surface area is 170 Å². The number of carboxylic acid groups (broad SMARTS) is 1. The fourth-order valence-electron chi connectivity index (χ4n) is 2.43. The number of ether oxygens (including phenoxy) is 2. The van der Waals surface area contributed by atoms with Gasteiger partial charge in [0.1, 0.15) is 4.91 Å². The van der Waals surface area contributed by atoms with Crippen molar-refractivity contribution in [3.05, 3.63) is 58.0 Å². The number of aliphatic carboxylic acids is 1. The summed E-state index contributed by atoms with van der Waals surface area (Å²) in [5.74, 6) is 0.366. The summed E-state index contributed by atoms with van der Waals surface area (Å²) in [7, 11) is 3.01. The van der Waals surface area contributed by atoms with Gasteiger partial charge in [-0.1, -0.05) is 23.7 Å². The number of benzene rings is 2. The quantitative estimate of drug-likeness (QED) is 0.435. The van der Waals surface area contributed by atoms with Crippen LogP contribution in [0.3, 0.4) is 0 Å². The molecule has 0 aliphatic heterocycles. The highest BCUT2D eigenvalue weighted by atomic mass is 35.5. The van der Waals surface area contributed by atoms with Gasteiger partial charge in [-0.15, -0.1) is 5.10 Å². The number of carbonyl (C=O) groups is 1. The third-order valence-corrected chi connectivity index (χ3v) is 4.84. The van der Waals surface area contributed by atoms with Crippen molar-refractivity contribution in [1.29, 1.82) is 0 Å². The van der Waals surface area contributed by atoms with E-state index in [1.54, 1.807) is 42.5 Å². The minimum Gasteiger partial charge on any atom is -0.493 e. The van der Waals surface area contributed by atoms with Gasteiger partial charge in [0.25, 0.3) is 0 Å². The molecule has 9 heteroatoms. The van der Waals surface area contributed by atoms with Gasteiger partial charge in [0.2, 0.25) is 5.16 Å². The van der Waals surface area contributed by atoms with E-state index in [0.29, 0.717) is 27.9 Å². The normalized spacial score (nSPS) is 11.3. The smallest absolute Gasteiger partial charge is 0.342 e. The van der Waals surface area contributed by atoms with Crippen molar-refractivity contribution in [3.8, 4) is 22.9 Å². The van der Waals surface area contributed by atoms with Gasteiger partial charge in [0.05, 0.1) is 14.2 Å². The summed E-state index contributed by atoms with van der Waals surface area (Å²) in [6, 6.07) is 12.3. The highest BCUT2D eigenvalue weighted by Crippen LogP contribution is 2.35. The van der Waals surface area contributed by atoms with Crippen molar-refractivity contribution in [2.75, 3.05) is 14.2 Å². The number of nitrogens with zero attached hydrogens (tertiary/aromatic N) is 2. The number of rotatable bonds is 7. The van der Waals surface area contributed by atoms with Crippen LogP contribution in [-0.4, -0.2) is 40.5 Å². The number of nitrogens with one attached hydrogen (secondary N) is 1. The molecule has 0 fully saturated rings. The van der Waals surface area contributed by atoms with E-state index in [2.05, 4.69) is 15.2 Å². The van der Waals surface area contributed by atoms with E-state index in [-0.39, 0.29) is 10.1 Å². The summed E-state index contributed by atoms with van der Waals surface area (Å²) < 4.78 is 10.6. The molecule has 0 aliphatic rings. The van der Waals surface area contributed by atoms with Crippen LogP contribution < -0.4 is 9.47 Å². The van der Waals surface area contributed by atoms with Crippen LogP contribution in [0.1, 0.15) is 5.56 Å². The Morgan fingerprint density at radius 2 is 1.93 bits per heavy atom. The average molecular weight is 418 g/mol. The maximum absolute atomic E-state index is 11.7. The van der Waals surface area contributed by atoms with Crippen molar-refractivity contribution in [3.63, 3.8) is 0 Å². The summed E-state index contributed by atoms with van der Waals surface area (Å²) in [6.07, 6.45) is 1.49. The van der Waals surface area contributed by atoms with E-state index in [1.807, 2.05) is 0 Å². The first-order chi connectivity index (χ1) is 13.5. The Morgan fingerprint density at radius 1 is 1.18 bits per heavy atom. The second-order valence-electron chi connectivity index (χ2n) is 5.47. The molecule has 2 aromatic carbocycles. The third-order valence-electron chi connectivity index (χ3n) is 3.71. The first kappa shape index (κ1) is 19.8. The summed E-state index contributed by atoms with van der Waals surface area (Å²) in [5.41, 5.74) is 1.36. The molecule has 2 N–H and O–H groups in total. The molecule has 0 bridgehead atoms. The Morgan fingerprint density at radius 3 is 2.57 bits per heavy atom. The number of H-pyrrole nitrogens is 1. The van der Waals surface area contributed by atoms with Gasteiger partial charge in [-0.3, -0.25) is 5.10 Å². The summed E-state index contributed by atoms with van der Waals surface area (Å²) in [5, 5.41) is 17.4. The molecule has 0 amide bonds. The molecule has 3 aromatic rings. The summed E-state index contributed by atoms with van der Waals surface area (Å²) in [4.78, 5) is 16.1. The van der Waals surface area contributed by atoms with Crippen molar-refractivity contribution in [1.82, 2.24) is 15.2 Å². The molecule has 3 rings (SSSR count). The second-order valence-corrected chi connectivity index (χ2v) is 6.92. The molecular weight excluding hydrogens is 402 g/mol. The van der Waals surface area contributed by atoms with Gasteiger partial charge in [-0.05, 0) is 48.2 Å². The lowest BCUT2D eigenvalue weighted by Gasteiger charge is -2.10. The molecule has 7 nitrogen and oxygen atoms in total. The Bertz CT molecular complexity index is 1020. The van der Waals surface area contributed by atoms with Crippen LogP contribution in [0.4, 0.5) is 0 Å². The lowest BCUT2D eigenvalue weighted by atomic mass is 10.1. The van der Waals surface area contributed by atoms with E-state index in [9.17, 15) is 9.90 Å². The predicted octanol–water partition coefficient (Wildman–Crippen LogP) is 4.36. The first-order valence-corrected chi connectivity index (χ1v) is 9.23. The summed E-state index contributed by atoms with van der Waals surface area (Å²) >= 11 is 6.82. The maximum atomic E-state index is 11.7. The molecule has 144 valence electrons. The molecule has 0 spiro atoms. The molecule has 28 heavy (non-hydrogen) atoms. The molecule has 0 atom stereocenters. The highest BCUT2D eigenvalue weighted by molar-refractivity contribution is 8.04. The van der Waals surface area contributed by atoms with Gasteiger partial charge in [-0.25, -0.2) is 9.78 Å². The molecule has 0 radical (unpaired) electrons. The van der Waals surface area contributed by atoms with Crippen LogP contribution in [0.15, 0.2) is 52.5 Å². The van der Waals surface area contributed by atoms with Crippen LogP contribution in [0.5, 0.6) is 11.5 Å². The number of halogens is 1. The molecule has 0 saturated heterocycles. The molecular formula is C19H16ClN3O4S. The molecule has 1 heterocycles. The number of thioether (sulfide) groups is 1. The summed E-state index contributed by atoms with van der Waals surface area (Å²) in [6.45, 7) is 0. The number of hydrogen-bond donors (Lipinski definition) is 2. The molecule has 0 unspecified atom stereocenters. The van der Waals surface area contributed by atoms with Gasteiger partial charge < -0.3 is 14.6 Å². The van der Waals surface area contributed by atoms with Gasteiger partial charge >= 0.3 is 5.97 Å².